The molecule has 0 bridgehead atoms. The van der Waals surface area contributed by atoms with Crippen molar-refractivity contribution in [1.82, 2.24) is 15.2 Å². The van der Waals surface area contributed by atoms with Crippen molar-refractivity contribution in [1.29, 1.82) is 0 Å². The Morgan fingerprint density at radius 3 is 2.84 bits per heavy atom. The van der Waals surface area contributed by atoms with Gasteiger partial charge in [-0.2, -0.15) is 13.2 Å². The maximum absolute atomic E-state index is 12.9. The van der Waals surface area contributed by atoms with E-state index >= 15 is 0 Å². The monoisotopic (exact) mass is 464 g/mol. The van der Waals surface area contributed by atoms with Gasteiger partial charge in [0.15, 0.2) is 5.13 Å². The average Bonchev–Trinajstić information content (AvgIpc) is 3.53. The van der Waals surface area contributed by atoms with E-state index in [1.165, 1.54) is 28.7 Å². The Hall–Kier alpha value is -3.34. The van der Waals surface area contributed by atoms with E-state index in [1.807, 2.05) is 0 Å². The van der Waals surface area contributed by atoms with E-state index in [4.69, 9.17) is 4.42 Å². The number of thiazole rings is 1. The van der Waals surface area contributed by atoms with Gasteiger partial charge in [0.05, 0.1) is 18.4 Å². The summed E-state index contributed by atoms with van der Waals surface area (Å²) in [6, 6.07) is 7.58. The minimum atomic E-state index is -4.45. The SMILES string of the molecule is O=C(NCc1ccco1)[C@H]1CCCN1C(=O)c1csc(Nc2cccc(C(F)(F)F)c2)n1. The Balaban J connectivity index is 1.41. The number of carbonyl (C=O) groups is 2. The third-order valence-corrected chi connectivity index (χ3v) is 5.76. The molecule has 1 fully saturated rings. The first-order valence-electron chi connectivity index (χ1n) is 9.82. The molecule has 0 saturated carbocycles. The van der Waals surface area contributed by atoms with Crippen LogP contribution in [0.4, 0.5) is 24.0 Å². The maximum atomic E-state index is 12.9. The lowest BCUT2D eigenvalue weighted by molar-refractivity contribution is -0.137. The molecular weight excluding hydrogens is 445 g/mol. The highest BCUT2D eigenvalue weighted by molar-refractivity contribution is 7.14. The molecule has 1 aliphatic rings. The summed E-state index contributed by atoms with van der Waals surface area (Å²) < 4.78 is 43.9. The molecule has 1 atom stereocenters. The topological polar surface area (TPSA) is 87.5 Å². The van der Waals surface area contributed by atoms with Crippen molar-refractivity contribution in [2.75, 3.05) is 11.9 Å². The Morgan fingerprint density at radius 1 is 1.25 bits per heavy atom. The van der Waals surface area contributed by atoms with Gasteiger partial charge in [-0.05, 0) is 43.2 Å². The van der Waals surface area contributed by atoms with E-state index in [2.05, 4.69) is 15.6 Å². The highest BCUT2D eigenvalue weighted by Crippen LogP contribution is 2.32. The van der Waals surface area contributed by atoms with Crippen molar-refractivity contribution < 1.29 is 27.2 Å². The van der Waals surface area contributed by atoms with Gasteiger partial charge < -0.3 is 20.0 Å². The van der Waals surface area contributed by atoms with Gasteiger partial charge in [0.2, 0.25) is 5.91 Å². The molecule has 168 valence electrons. The molecule has 0 radical (unpaired) electrons. The number of alkyl halides is 3. The summed E-state index contributed by atoms with van der Waals surface area (Å²) in [5.74, 6) is -0.0576. The zero-order valence-corrected chi connectivity index (χ0v) is 17.5. The number of benzene rings is 1. The molecular formula is C21H19F3N4O3S. The van der Waals surface area contributed by atoms with Crippen LogP contribution in [0.2, 0.25) is 0 Å². The van der Waals surface area contributed by atoms with E-state index in [1.54, 1.807) is 12.1 Å². The van der Waals surface area contributed by atoms with Crippen LogP contribution in [0.15, 0.2) is 52.5 Å². The van der Waals surface area contributed by atoms with E-state index in [9.17, 15) is 22.8 Å². The van der Waals surface area contributed by atoms with Crippen molar-refractivity contribution in [3.63, 3.8) is 0 Å². The quantitative estimate of drug-likeness (QED) is 0.564. The summed E-state index contributed by atoms with van der Waals surface area (Å²) in [4.78, 5) is 31.2. The molecule has 3 aromatic rings. The predicted octanol–water partition coefficient (Wildman–Crippen LogP) is 4.42. The molecule has 2 aromatic heterocycles. The molecule has 0 spiro atoms. The summed E-state index contributed by atoms with van der Waals surface area (Å²) in [6.45, 7) is 0.651. The molecule has 1 aromatic carbocycles. The Labute approximate surface area is 185 Å². The van der Waals surface area contributed by atoms with Crippen LogP contribution in [0, 0.1) is 0 Å². The van der Waals surface area contributed by atoms with Crippen LogP contribution in [0.3, 0.4) is 0 Å². The second-order valence-corrected chi connectivity index (χ2v) is 8.05. The molecule has 4 rings (SSSR count). The van der Waals surface area contributed by atoms with Crippen molar-refractivity contribution in [3.8, 4) is 0 Å². The molecule has 1 saturated heterocycles. The molecule has 0 aliphatic carbocycles. The van der Waals surface area contributed by atoms with Crippen molar-refractivity contribution in [2.45, 2.75) is 31.6 Å². The first-order valence-corrected chi connectivity index (χ1v) is 10.7. The standard InChI is InChI=1S/C21H19F3N4O3S/c22-21(23,24)13-4-1-5-14(10-13)26-20-27-16(12-32-20)19(30)28-8-2-7-17(28)18(29)25-11-15-6-3-9-31-15/h1,3-6,9-10,12,17H,2,7-8,11H2,(H,25,29)(H,26,27)/t17-/m1/s1. The lowest BCUT2D eigenvalue weighted by atomic mass is 10.2. The third-order valence-electron chi connectivity index (χ3n) is 5.00. The molecule has 2 N–H and O–H groups in total. The van der Waals surface area contributed by atoms with Gasteiger partial charge in [-0.25, -0.2) is 4.98 Å². The number of nitrogens with zero attached hydrogens (tertiary/aromatic N) is 2. The van der Waals surface area contributed by atoms with Crippen molar-refractivity contribution >= 4 is 34.0 Å². The van der Waals surface area contributed by atoms with Gasteiger partial charge in [-0.3, -0.25) is 9.59 Å². The number of amides is 2. The van der Waals surface area contributed by atoms with Crippen LogP contribution in [0.5, 0.6) is 0 Å². The Morgan fingerprint density at radius 2 is 2.09 bits per heavy atom. The van der Waals surface area contributed by atoms with Crippen LogP contribution in [-0.2, 0) is 17.5 Å². The zero-order chi connectivity index (χ0) is 22.7. The van der Waals surface area contributed by atoms with Gasteiger partial charge in [0.1, 0.15) is 17.5 Å². The number of likely N-dealkylation sites (tertiary alicyclic amines) is 1. The van der Waals surface area contributed by atoms with E-state index in [-0.39, 0.29) is 29.0 Å². The zero-order valence-electron chi connectivity index (χ0n) is 16.7. The number of hydrogen-bond donors (Lipinski definition) is 2. The normalized spacial score (nSPS) is 16.2. The van der Waals surface area contributed by atoms with Crippen LogP contribution >= 0.6 is 11.3 Å². The summed E-state index contributed by atoms with van der Waals surface area (Å²) in [5, 5.41) is 7.37. The number of anilines is 2. The molecule has 11 heteroatoms. The lowest BCUT2D eigenvalue weighted by Gasteiger charge is -2.23. The first-order chi connectivity index (χ1) is 15.3. The lowest BCUT2D eigenvalue weighted by Crippen LogP contribution is -2.45. The fourth-order valence-electron chi connectivity index (χ4n) is 3.46. The number of rotatable bonds is 6. The highest BCUT2D eigenvalue weighted by Gasteiger charge is 2.35. The second-order valence-electron chi connectivity index (χ2n) is 7.20. The van der Waals surface area contributed by atoms with Crippen LogP contribution in [-0.4, -0.2) is 34.3 Å². The smallest absolute Gasteiger partial charge is 0.416 e. The van der Waals surface area contributed by atoms with E-state index < -0.39 is 23.7 Å². The molecule has 32 heavy (non-hydrogen) atoms. The Bertz CT molecular complexity index is 1100. The van der Waals surface area contributed by atoms with Gasteiger partial charge in [-0.15, -0.1) is 11.3 Å². The minimum absolute atomic E-state index is 0.134. The van der Waals surface area contributed by atoms with E-state index in [0.717, 1.165) is 23.5 Å². The summed E-state index contributed by atoms with van der Waals surface area (Å²) >= 11 is 1.10. The molecule has 1 aliphatic heterocycles. The minimum Gasteiger partial charge on any atom is -0.467 e. The summed E-state index contributed by atoms with van der Waals surface area (Å²) in [7, 11) is 0. The maximum Gasteiger partial charge on any atom is 0.416 e. The predicted molar refractivity (Wildman–Crippen MR) is 111 cm³/mol. The summed E-state index contributed by atoms with van der Waals surface area (Å²) in [5.41, 5.74) is -0.435. The van der Waals surface area contributed by atoms with Crippen LogP contribution in [0.1, 0.15) is 34.7 Å². The molecule has 2 amide bonds. The van der Waals surface area contributed by atoms with Gasteiger partial charge in [0, 0.05) is 17.6 Å². The molecule has 3 heterocycles. The van der Waals surface area contributed by atoms with Gasteiger partial charge in [0.25, 0.3) is 5.91 Å². The second kappa shape index (κ2) is 9.03. The van der Waals surface area contributed by atoms with Crippen LogP contribution < -0.4 is 10.6 Å². The van der Waals surface area contributed by atoms with Crippen molar-refractivity contribution in [2.24, 2.45) is 0 Å². The van der Waals surface area contributed by atoms with Gasteiger partial charge >= 0.3 is 6.18 Å². The fourth-order valence-corrected chi connectivity index (χ4v) is 4.17. The largest absolute Gasteiger partial charge is 0.467 e. The van der Waals surface area contributed by atoms with Gasteiger partial charge in [-0.1, -0.05) is 6.07 Å². The van der Waals surface area contributed by atoms with E-state index in [0.29, 0.717) is 25.1 Å². The summed E-state index contributed by atoms with van der Waals surface area (Å²) in [6.07, 6.45) is -1.72. The number of hydrogen-bond acceptors (Lipinski definition) is 6. The first kappa shape index (κ1) is 21.9. The number of aromatic nitrogens is 1. The average molecular weight is 464 g/mol. The van der Waals surface area contributed by atoms with Crippen molar-refractivity contribution in [3.05, 3.63) is 65.1 Å². The number of halogens is 3. The van der Waals surface area contributed by atoms with Crippen LogP contribution in [0.25, 0.3) is 0 Å². The molecule has 0 unspecified atom stereocenters. The fraction of sp³-hybridized carbons (Fsp3) is 0.286. The number of carbonyl (C=O) groups excluding carboxylic acids is 2. The third kappa shape index (κ3) is 4.93. The highest BCUT2D eigenvalue weighted by atomic mass is 32.1. The number of furan rings is 1. The Kier molecular flexibility index (Phi) is 6.17. The number of nitrogens with one attached hydrogen (secondary N) is 2. The molecule has 7 nitrogen and oxygen atoms in total.